The summed E-state index contributed by atoms with van der Waals surface area (Å²) in [5, 5.41) is 0.434. The van der Waals surface area contributed by atoms with Crippen LogP contribution in [0.3, 0.4) is 0 Å². The fraction of sp³-hybridized carbons (Fsp3) is 0.0833. The monoisotopic (exact) mass is 291 g/mol. The zero-order valence-corrected chi connectivity index (χ0v) is 11.2. The number of hydrogen-bond acceptors (Lipinski definition) is 6. The fourth-order valence-corrected chi connectivity index (χ4v) is 2.38. The maximum Gasteiger partial charge on any atom is 0.265 e. The maximum atomic E-state index is 11.4. The first kappa shape index (κ1) is 14.1. The zero-order chi connectivity index (χ0) is 14.5. The van der Waals surface area contributed by atoms with E-state index >= 15 is 0 Å². The molecule has 0 atom stereocenters. The third-order valence-electron chi connectivity index (χ3n) is 2.44. The first-order chi connectivity index (χ1) is 9.58. The molecule has 0 saturated carbocycles. The Balaban J connectivity index is 2.11. The van der Waals surface area contributed by atoms with E-state index < -0.39 is 0 Å². The van der Waals surface area contributed by atoms with Crippen molar-refractivity contribution in [1.29, 1.82) is 0 Å². The van der Waals surface area contributed by atoms with E-state index in [-0.39, 0.29) is 17.3 Å². The lowest BCUT2D eigenvalue weighted by Gasteiger charge is -2.04. The van der Waals surface area contributed by atoms with E-state index in [2.05, 4.69) is 15.4 Å². The number of nitrogens with zero attached hydrogens (tertiary/aromatic N) is 1. The number of hydrazine groups is 1. The van der Waals surface area contributed by atoms with Gasteiger partial charge < -0.3 is 10.7 Å². The predicted octanol–water partition coefficient (Wildman–Crippen LogP) is 0.248. The highest BCUT2D eigenvalue weighted by Gasteiger charge is 2.05. The van der Waals surface area contributed by atoms with Gasteiger partial charge in [-0.15, -0.1) is 0 Å². The van der Waals surface area contributed by atoms with Crippen molar-refractivity contribution in [2.75, 3.05) is 5.73 Å². The van der Waals surface area contributed by atoms with Crippen LogP contribution in [-0.2, 0) is 5.75 Å². The minimum absolute atomic E-state index is 0.174. The zero-order valence-electron chi connectivity index (χ0n) is 10.4. The van der Waals surface area contributed by atoms with Crippen LogP contribution in [0.25, 0.3) is 0 Å². The first-order valence-electron chi connectivity index (χ1n) is 5.68. The van der Waals surface area contributed by atoms with Crippen LogP contribution in [0.1, 0.15) is 15.9 Å². The molecule has 2 rings (SSSR count). The van der Waals surface area contributed by atoms with Gasteiger partial charge in [-0.05, 0) is 17.7 Å². The van der Waals surface area contributed by atoms with Gasteiger partial charge in [-0.25, -0.2) is 10.8 Å². The Bertz CT molecular complexity index is 686. The number of carbonyl (C=O) groups excluding carboxylic acids is 1. The van der Waals surface area contributed by atoms with Gasteiger partial charge in [0.2, 0.25) is 0 Å². The summed E-state index contributed by atoms with van der Waals surface area (Å²) >= 11 is 1.32. The van der Waals surface area contributed by atoms with Gasteiger partial charge >= 0.3 is 0 Å². The molecular weight excluding hydrogens is 278 g/mol. The Kier molecular flexibility index (Phi) is 4.38. The van der Waals surface area contributed by atoms with Crippen molar-refractivity contribution in [1.82, 2.24) is 15.4 Å². The smallest absolute Gasteiger partial charge is 0.265 e. The van der Waals surface area contributed by atoms with Crippen LogP contribution in [-0.4, -0.2) is 15.9 Å². The highest BCUT2D eigenvalue weighted by molar-refractivity contribution is 7.98. The summed E-state index contributed by atoms with van der Waals surface area (Å²) in [4.78, 5) is 29.3. The number of H-pyrrole nitrogens is 1. The number of benzene rings is 1. The lowest BCUT2D eigenvalue weighted by molar-refractivity contribution is 0.0953. The molecule has 1 aromatic carbocycles. The van der Waals surface area contributed by atoms with Crippen molar-refractivity contribution in [2.24, 2.45) is 5.84 Å². The molecule has 6 N–H and O–H groups in total. The molecule has 0 bridgehead atoms. The summed E-state index contributed by atoms with van der Waals surface area (Å²) in [7, 11) is 0. The van der Waals surface area contributed by atoms with E-state index in [4.69, 9.17) is 11.6 Å². The van der Waals surface area contributed by atoms with E-state index in [1.165, 1.54) is 17.8 Å². The van der Waals surface area contributed by atoms with Gasteiger partial charge in [-0.1, -0.05) is 23.9 Å². The van der Waals surface area contributed by atoms with Crippen molar-refractivity contribution in [2.45, 2.75) is 10.9 Å². The third kappa shape index (κ3) is 3.59. The van der Waals surface area contributed by atoms with Gasteiger partial charge in [0.1, 0.15) is 5.82 Å². The summed E-state index contributed by atoms with van der Waals surface area (Å²) in [5.41, 5.74) is 8.65. The third-order valence-corrected chi connectivity index (χ3v) is 3.38. The number of thioether (sulfide) groups is 1. The number of amides is 1. The van der Waals surface area contributed by atoms with Gasteiger partial charge in [0.25, 0.3) is 11.5 Å². The number of rotatable bonds is 4. The Morgan fingerprint density at radius 3 is 2.90 bits per heavy atom. The second-order valence-electron chi connectivity index (χ2n) is 3.94. The number of aromatic nitrogens is 2. The summed E-state index contributed by atoms with van der Waals surface area (Å²) < 4.78 is 0. The molecule has 0 spiro atoms. The van der Waals surface area contributed by atoms with Crippen LogP contribution in [0.2, 0.25) is 0 Å². The van der Waals surface area contributed by atoms with E-state index in [1.54, 1.807) is 18.2 Å². The van der Waals surface area contributed by atoms with Gasteiger partial charge in [0, 0.05) is 17.4 Å². The second kappa shape index (κ2) is 6.22. The standard InChI is InChI=1S/C12H13N5O2S/c13-9-5-10(18)16-12(15-9)20-6-7-2-1-3-8(4-7)11(19)17-14/h1-5H,6,14H2,(H,17,19)(H3,13,15,16,18). The van der Waals surface area contributed by atoms with Crippen LogP contribution in [0.15, 0.2) is 40.3 Å². The SMILES string of the molecule is NNC(=O)c1cccc(CSc2nc(N)cc(=O)[nH]2)c1. The van der Waals surface area contributed by atoms with Crippen LogP contribution in [0, 0.1) is 0 Å². The molecule has 0 aliphatic carbocycles. The van der Waals surface area contributed by atoms with Crippen molar-refractivity contribution in [3.63, 3.8) is 0 Å². The van der Waals surface area contributed by atoms with Crippen LogP contribution >= 0.6 is 11.8 Å². The molecule has 0 unspecified atom stereocenters. The number of nitrogen functional groups attached to an aromatic ring is 2. The van der Waals surface area contributed by atoms with Gasteiger partial charge in [-0.2, -0.15) is 0 Å². The molecule has 7 nitrogen and oxygen atoms in total. The molecule has 1 aromatic heterocycles. The average molecular weight is 291 g/mol. The van der Waals surface area contributed by atoms with Crippen molar-refractivity contribution >= 4 is 23.5 Å². The van der Waals surface area contributed by atoms with Crippen LogP contribution < -0.4 is 22.6 Å². The number of hydrogen-bond donors (Lipinski definition) is 4. The van der Waals surface area contributed by atoms with E-state index in [9.17, 15) is 9.59 Å². The Hall–Kier alpha value is -2.32. The number of nitrogens with two attached hydrogens (primary N) is 2. The van der Waals surface area contributed by atoms with Crippen molar-refractivity contribution in [3.8, 4) is 0 Å². The second-order valence-corrected chi connectivity index (χ2v) is 4.90. The van der Waals surface area contributed by atoms with Crippen molar-refractivity contribution < 1.29 is 4.79 Å². The molecule has 0 aliphatic heterocycles. The molecule has 0 saturated heterocycles. The Morgan fingerprint density at radius 2 is 2.20 bits per heavy atom. The molecule has 104 valence electrons. The van der Waals surface area contributed by atoms with Gasteiger partial charge in [-0.3, -0.25) is 15.0 Å². The van der Waals surface area contributed by atoms with Crippen LogP contribution in [0.5, 0.6) is 0 Å². The van der Waals surface area contributed by atoms with Crippen molar-refractivity contribution in [3.05, 3.63) is 51.8 Å². The van der Waals surface area contributed by atoms with E-state index in [0.717, 1.165) is 5.56 Å². The highest BCUT2D eigenvalue weighted by atomic mass is 32.2. The normalized spacial score (nSPS) is 10.2. The maximum absolute atomic E-state index is 11.4. The van der Waals surface area contributed by atoms with E-state index in [0.29, 0.717) is 16.5 Å². The summed E-state index contributed by atoms with van der Waals surface area (Å²) in [5.74, 6) is 5.44. The molecule has 2 aromatic rings. The number of nitrogens with one attached hydrogen (secondary N) is 2. The lowest BCUT2D eigenvalue weighted by atomic mass is 10.1. The molecule has 1 amide bonds. The number of aromatic amines is 1. The van der Waals surface area contributed by atoms with Gasteiger partial charge in [0.15, 0.2) is 5.16 Å². The lowest BCUT2D eigenvalue weighted by Crippen LogP contribution is -2.29. The largest absolute Gasteiger partial charge is 0.383 e. The minimum atomic E-state index is -0.354. The molecule has 1 heterocycles. The molecule has 0 fully saturated rings. The number of carbonyl (C=O) groups is 1. The molecule has 0 radical (unpaired) electrons. The summed E-state index contributed by atoms with van der Waals surface area (Å²) in [6.07, 6.45) is 0. The molecule has 0 aliphatic rings. The molecular formula is C12H13N5O2S. The van der Waals surface area contributed by atoms with Gasteiger partial charge in [0.05, 0.1) is 0 Å². The van der Waals surface area contributed by atoms with Crippen LogP contribution in [0.4, 0.5) is 5.82 Å². The fourth-order valence-electron chi connectivity index (χ4n) is 1.56. The van der Waals surface area contributed by atoms with E-state index in [1.807, 2.05) is 6.07 Å². The average Bonchev–Trinajstić information content (AvgIpc) is 2.43. The summed E-state index contributed by atoms with van der Waals surface area (Å²) in [6, 6.07) is 8.23. The summed E-state index contributed by atoms with van der Waals surface area (Å²) in [6.45, 7) is 0. The highest BCUT2D eigenvalue weighted by Crippen LogP contribution is 2.19. The number of anilines is 1. The minimum Gasteiger partial charge on any atom is -0.383 e. The molecule has 20 heavy (non-hydrogen) atoms. The first-order valence-corrected chi connectivity index (χ1v) is 6.66. The Morgan fingerprint density at radius 1 is 1.40 bits per heavy atom. The molecule has 8 heteroatoms. The topological polar surface area (TPSA) is 127 Å². The Labute approximate surface area is 118 Å². The predicted molar refractivity (Wildman–Crippen MR) is 76.9 cm³/mol. The quantitative estimate of drug-likeness (QED) is 0.210.